The Hall–Kier alpha value is -0.520. The van der Waals surface area contributed by atoms with E-state index in [1.54, 1.807) is 6.20 Å². The SMILES string of the molecule is ClCc1cnc(-c2ncc(Br)cc2Br)nc1C1CC1. The van der Waals surface area contributed by atoms with Gasteiger partial charge in [-0.3, -0.25) is 4.98 Å². The normalized spacial score (nSPS) is 14.7. The van der Waals surface area contributed by atoms with Gasteiger partial charge in [-0.15, -0.1) is 11.6 Å². The van der Waals surface area contributed by atoms with E-state index in [1.807, 2.05) is 12.3 Å². The number of halogens is 3. The van der Waals surface area contributed by atoms with Crippen molar-refractivity contribution in [1.82, 2.24) is 15.0 Å². The van der Waals surface area contributed by atoms with Crippen LogP contribution in [0.3, 0.4) is 0 Å². The van der Waals surface area contributed by atoms with E-state index in [-0.39, 0.29) is 0 Å². The molecule has 98 valence electrons. The van der Waals surface area contributed by atoms with Crippen molar-refractivity contribution in [2.45, 2.75) is 24.6 Å². The van der Waals surface area contributed by atoms with Crippen LogP contribution in [0.2, 0.25) is 0 Å². The molecule has 0 spiro atoms. The first-order valence-electron chi connectivity index (χ1n) is 5.92. The molecule has 0 radical (unpaired) electrons. The zero-order valence-corrected chi connectivity index (χ0v) is 13.8. The van der Waals surface area contributed by atoms with Crippen molar-refractivity contribution in [3.05, 3.63) is 38.7 Å². The highest BCUT2D eigenvalue weighted by Gasteiger charge is 2.28. The molecule has 1 fully saturated rings. The Balaban J connectivity index is 2.07. The molecule has 0 amide bonds. The maximum absolute atomic E-state index is 5.94. The van der Waals surface area contributed by atoms with E-state index < -0.39 is 0 Å². The summed E-state index contributed by atoms with van der Waals surface area (Å²) in [4.78, 5) is 13.4. The first-order chi connectivity index (χ1) is 9.19. The molecule has 0 atom stereocenters. The first-order valence-corrected chi connectivity index (χ1v) is 8.04. The van der Waals surface area contributed by atoms with E-state index in [1.165, 1.54) is 12.8 Å². The Kier molecular flexibility index (Phi) is 3.87. The monoisotopic (exact) mass is 401 g/mol. The van der Waals surface area contributed by atoms with Gasteiger partial charge in [0.15, 0.2) is 5.82 Å². The predicted molar refractivity (Wildman–Crippen MR) is 82.2 cm³/mol. The molecule has 0 aliphatic heterocycles. The highest BCUT2D eigenvalue weighted by Crippen LogP contribution is 2.41. The molecule has 19 heavy (non-hydrogen) atoms. The maximum Gasteiger partial charge on any atom is 0.179 e. The molecular formula is C13H10Br2ClN3. The summed E-state index contributed by atoms with van der Waals surface area (Å²) in [6.07, 6.45) is 5.94. The van der Waals surface area contributed by atoms with E-state index in [0.717, 1.165) is 25.9 Å². The lowest BCUT2D eigenvalue weighted by Gasteiger charge is -2.08. The predicted octanol–water partition coefficient (Wildman–Crippen LogP) is 4.68. The van der Waals surface area contributed by atoms with Crippen LogP contribution >= 0.6 is 43.5 Å². The van der Waals surface area contributed by atoms with Gasteiger partial charge >= 0.3 is 0 Å². The van der Waals surface area contributed by atoms with Gasteiger partial charge in [-0.1, -0.05) is 0 Å². The van der Waals surface area contributed by atoms with Crippen LogP contribution in [0.15, 0.2) is 27.4 Å². The molecule has 6 heteroatoms. The molecule has 0 aromatic carbocycles. The van der Waals surface area contributed by atoms with Crippen molar-refractivity contribution in [3.8, 4) is 11.5 Å². The van der Waals surface area contributed by atoms with E-state index in [2.05, 4.69) is 46.8 Å². The van der Waals surface area contributed by atoms with Gasteiger partial charge in [0.05, 0.1) is 11.6 Å². The number of nitrogens with zero attached hydrogens (tertiary/aromatic N) is 3. The van der Waals surface area contributed by atoms with E-state index >= 15 is 0 Å². The van der Waals surface area contributed by atoms with Gasteiger partial charge in [-0.25, -0.2) is 9.97 Å². The van der Waals surface area contributed by atoms with Crippen LogP contribution < -0.4 is 0 Å². The fourth-order valence-corrected chi connectivity index (χ4v) is 3.30. The molecule has 0 saturated heterocycles. The van der Waals surface area contributed by atoms with Crippen molar-refractivity contribution in [3.63, 3.8) is 0 Å². The summed E-state index contributed by atoms with van der Waals surface area (Å²) >= 11 is 12.8. The van der Waals surface area contributed by atoms with Crippen molar-refractivity contribution in [1.29, 1.82) is 0 Å². The average molecular weight is 404 g/mol. The summed E-state index contributed by atoms with van der Waals surface area (Å²) < 4.78 is 1.80. The van der Waals surface area contributed by atoms with Gasteiger partial charge < -0.3 is 0 Å². The summed E-state index contributed by atoms with van der Waals surface area (Å²) in [7, 11) is 0. The third-order valence-electron chi connectivity index (χ3n) is 3.03. The summed E-state index contributed by atoms with van der Waals surface area (Å²) in [6, 6.07) is 1.94. The molecule has 3 rings (SSSR count). The Labute approximate surface area is 133 Å². The molecule has 2 aromatic heterocycles. The van der Waals surface area contributed by atoms with E-state index in [9.17, 15) is 0 Å². The van der Waals surface area contributed by atoms with Crippen LogP contribution in [0, 0.1) is 0 Å². The number of aromatic nitrogens is 3. The summed E-state index contributed by atoms with van der Waals surface area (Å²) in [6.45, 7) is 0. The van der Waals surface area contributed by atoms with Gasteiger partial charge in [-0.2, -0.15) is 0 Å². The fraction of sp³-hybridized carbons (Fsp3) is 0.308. The number of alkyl halides is 1. The van der Waals surface area contributed by atoms with Crippen molar-refractivity contribution < 1.29 is 0 Å². The molecule has 3 nitrogen and oxygen atoms in total. The minimum atomic E-state index is 0.459. The van der Waals surface area contributed by atoms with Crippen LogP contribution in [-0.4, -0.2) is 15.0 Å². The summed E-state index contributed by atoms with van der Waals surface area (Å²) in [5.74, 6) is 1.65. The van der Waals surface area contributed by atoms with Gasteiger partial charge in [0.2, 0.25) is 0 Å². The van der Waals surface area contributed by atoms with E-state index in [4.69, 9.17) is 11.6 Å². The third-order valence-corrected chi connectivity index (χ3v) is 4.35. The second-order valence-electron chi connectivity index (χ2n) is 4.50. The smallest absolute Gasteiger partial charge is 0.179 e. The van der Waals surface area contributed by atoms with Crippen LogP contribution in [0.4, 0.5) is 0 Å². The number of rotatable bonds is 3. The lowest BCUT2D eigenvalue weighted by atomic mass is 10.2. The highest BCUT2D eigenvalue weighted by atomic mass is 79.9. The number of hydrogen-bond acceptors (Lipinski definition) is 3. The largest absolute Gasteiger partial charge is 0.251 e. The average Bonchev–Trinajstić information content (AvgIpc) is 3.22. The molecular weight excluding hydrogens is 393 g/mol. The summed E-state index contributed by atoms with van der Waals surface area (Å²) in [5, 5.41) is 0. The zero-order valence-electron chi connectivity index (χ0n) is 9.91. The van der Waals surface area contributed by atoms with Gasteiger partial charge in [0.1, 0.15) is 5.69 Å². The van der Waals surface area contributed by atoms with Crippen LogP contribution in [-0.2, 0) is 5.88 Å². The van der Waals surface area contributed by atoms with Crippen molar-refractivity contribution in [2.75, 3.05) is 0 Å². The van der Waals surface area contributed by atoms with Gasteiger partial charge in [-0.05, 0) is 50.8 Å². The quantitative estimate of drug-likeness (QED) is 0.699. The molecule has 0 unspecified atom stereocenters. The van der Waals surface area contributed by atoms with Crippen LogP contribution in [0.1, 0.15) is 30.0 Å². The van der Waals surface area contributed by atoms with Gasteiger partial charge in [0.25, 0.3) is 0 Å². The Morgan fingerprint density at radius 2 is 2.00 bits per heavy atom. The number of pyridine rings is 1. The molecule has 0 N–H and O–H groups in total. The van der Waals surface area contributed by atoms with Crippen molar-refractivity contribution >= 4 is 43.5 Å². The Bertz CT molecular complexity index is 629. The molecule has 1 aliphatic carbocycles. The van der Waals surface area contributed by atoms with Gasteiger partial charge in [0, 0.05) is 32.8 Å². The maximum atomic E-state index is 5.94. The minimum Gasteiger partial charge on any atom is -0.251 e. The second kappa shape index (κ2) is 5.46. The standard InChI is InChI=1S/C13H10Br2ClN3/c14-9-3-10(15)12(17-6-9)13-18-5-8(4-16)11(19-13)7-1-2-7/h3,5-7H,1-2,4H2. The van der Waals surface area contributed by atoms with Crippen LogP contribution in [0.5, 0.6) is 0 Å². The van der Waals surface area contributed by atoms with E-state index in [0.29, 0.717) is 17.6 Å². The highest BCUT2D eigenvalue weighted by molar-refractivity contribution is 9.11. The second-order valence-corrected chi connectivity index (χ2v) is 6.53. The number of hydrogen-bond donors (Lipinski definition) is 0. The Morgan fingerprint density at radius 1 is 1.21 bits per heavy atom. The zero-order chi connectivity index (χ0) is 13.4. The molecule has 2 aromatic rings. The first kappa shape index (κ1) is 13.5. The molecule has 1 aliphatic rings. The Morgan fingerprint density at radius 3 is 2.63 bits per heavy atom. The lowest BCUT2D eigenvalue weighted by Crippen LogP contribution is -2.01. The summed E-state index contributed by atoms with van der Waals surface area (Å²) in [5.41, 5.74) is 2.86. The molecule has 0 bridgehead atoms. The lowest BCUT2D eigenvalue weighted by molar-refractivity contribution is 0.952. The topological polar surface area (TPSA) is 38.7 Å². The molecule has 1 saturated carbocycles. The molecule has 2 heterocycles. The third kappa shape index (κ3) is 2.83. The van der Waals surface area contributed by atoms with Crippen LogP contribution in [0.25, 0.3) is 11.5 Å². The van der Waals surface area contributed by atoms with Crippen molar-refractivity contribution in [2.24, 2.45) is 0 Å². The minimum absolute atomic E-state index is 0.459. The fourth-order valence-electron chi connectivity index (χ4n) is 1.93.